The van der Waals surface area contributed by atoms with Crippen LogP contribution >= 0.6 is 0 Å². The minimum absolute atomic E-state index is 0.0913. The lowest BCUT2D eigenvalue weighted by Gasteiger charge is -2.30. The molecule has 3 rings (SSSR count). The molecule has 1 aliphatic heterocycles. The number of aromatic nitrogens is 2. The molecular weight excluding hydrogens is 276 g/mol. The van der Waals surface area contributed by atoms with Crippen LogP contribution in [-0.2, 0) is 0 Å². The number of piperidine rings is 1. The van der Waals surface area contributed by atoms with E-state index in [-0.39, 0.29) is 11.9 Å². The van der Waals surface area contributed by atoms with Gasteiger partial charge in [0.25, 0.3) is 5.91 Å². The summed E-state index contributed by atoms with van der Waals surface area (Å²) in [4.78, 5) is 12.3. The number of benzene rings is 1. The third kappa shape index (κ3) is 3.20. The fourth-order valence-corrected chi connectivity index (χ4v) is 2.80. The van der Waals surface area contributed by atoms with Crippen molar-refractivity contribution in [2.75, 3.05) is 6.54 Å². The molecule has 2 unspecified atom stereocenters. The summed E-state index contributed by atoms with van der Waals surface area (Å²) < 4.78 is 0. The van der Waals surface area contributed by atoms with Gasteiger partial charge in [0.1, 0.15) is 5.69 Å². The van der Waals surface area contributed by atoms with Gasteiger partial charge >= 0.3 is 0 Å². The second-order valence-electron chi connectivity index (χ2n) is 6.00. The van der Waals surface area contributed by atoms with Crippen LogP contribution in [0.25, 0.3) is 11.3 Å². The minimum Gasteiger partial charge on any atom is -0.346 e. The summed E-state index contributed by atoms with van der Waals surface area (Å²) in [7, 11) is 0. The van der Waals surface area contributed by atoms with Gasteiger partial charge in [0.2, 0.25) is 0 Å². The van der Waals surface area contributed by atoms with Gasteiger partial charge in [-0.2, -0.15) is 5.10 Å². The normalized spacial score (nSPS) is 21.5. The number of hydrogen-bond donors (Lipinski definition) is 3. The quantitative estimate of drug-likeness (QED) is 0.814. The zero-order chi connectivity index (χ0) is 15.5. The van der Waals surface area contributed by atoms with Crippen LogP contribution in [-0.4, -0.2) is 34.7 Å². The van der Waals surface area contributed by atoms with Crippen molar-refractivity contribution < 1.29 is 4.79 Å². The highest BCUT2D eigenvalue weighted by Crippen LogP contribution is 2.18. The van der Waals surface area contributed by atoms with Crippen LogP contribution in [0.1, 0.15) is 35.8 Å². The fourth-order valence-electron chi connectivity index (χ4n) is 2.80. The number of rotatable bonds is 3. The highest BCUT2D eigenvalue weighted by atomic mass is 16.2. The van der Waals surface area contributed by atoms with E-state index < -0.39 is 0 Å². The maximum atomic E-state index is 12.3. The molecule has 116 valence electrons. The molecule has 1 saturated heterocycles. The fraction of sp³-hybridized carbons (Fsp3) is 0.412. The van der Waals surface area contributed by atoms with Gasteiger partial charge in [-0.25, -0.2) is 0 Å². The Bertz CT molecular complexity index is 647. The predicted octanol–water partition coefficient (Wildman–Crippen LogP) is 2.26. The number of nitrogens with zero attached hydrogens (tertiary/aromatic N) is 1. The van der Waals surface area contributed by atoms with Crippen molar-refractivity contribution in [2.45, 2.75) is 38.8 Å². The van der Waals surface area contributed by atoms with Gasteiger partial charge in [0.05, 0.1) is 5.69 Å². The topological polar surface area (TPSA) is 69.8 Å². The second kappa shape index (κ2) is 6.32. The van der Waals surface area contributed by atoms with E-state index in [1.807, 2.05) is 31.2 Å². The van der Waals surface area contributed by atoms with Crippen molar-refractivity contribution in [3.05, 3.63) is 41.6 Å². The SMILES string of the molecule is Cc1ccc(-c2cc(C(=O)NC3CCCNC3C)[nH]n2)cc1. The van der Waals surface area contributed by atoms with E-state index >= 15 is 0 Å². The third-order valence-electron chi connectivity index (χ3n) is 4.25. The number of nitrogens with one attached hydrogen (secondary N) is 3. The van der Waals surface area contributed by atoms with Gasteiger partial charge in [-0.05, 0) is 39.3 Å². The molecule has 0 spiro atoms. The molecule has 1 aromatic heterocycles. The smallest absolute Gasteiger partial charge is 0.269 e. The number of carbonyl (C=O) groups excluding carboxylic acids is 1. The Morgan fingerprint density at radius 1 is 1.32 bits per heavy atom. The van der Waals surface area contributed by atoms with Crippen LogP contribution in [0.15, 0.2) is 30.3 Å². The minimum atomic E-state index is -0.0913. The molecular formula is C17H22N4O. The van der Waals surface area contributed by atoms with Crippen molar-refractivity contribution in [3.63, 3.8) is 0 Å². The second-order valence-corrected chi connectivity index (χ2v) is 6.00. The zero-order valence-corrected chi connectivity index (χ0v) is 13.0. The first-order valence-corrected chi connectivity index (χ1v) is 7.80. The van der Waals surface area contributed by atoms with Gasteiger partial charge in [0.15, 0.2) is 0 Å². The monoisotopic (exact) mass is 298 g/mol. The summed E-state index contributed by atoms with van der Waals surface area (Å²) in [6.07, 6.45) is 2.10. The van der Waals surface area contributed by atoms with Gasteiger partial charge in [-0.15, -0.1) is 0 Å². The molecule has 3 N–H and O–H groups in total. The van der Waals surface area contributed by atoms with Crippen LogP contribution in [0.5, 0.6) is 0 Å². The molecule has 1 aromatic carbocycles. The van der Waals surface area contributed by atoms with Crippen LogP contribution in [0.3, 0.4) is 0 Å². The van der Waals surface area contributed by atoms with Gasteiger partial charge in [-0.3, -0.25) is 9.89 Å². The lowest BCUT2D eigenvalue weighted by Crippen LogP contribution is -2.51. The first-order valence-electron chi connectivity index (χ1n) is 7.80. The summed E-state index contributed by atoms with van der Waals surface area (Å²) in [5, 5.41) is 13.6. The molecule has 1 fully saturated rings. The highest BCUT2D eigenvalue weighted by molar-refractivity contribution is 5.93. The molecule has 22 heavy (non-hydrogen) atoms. The van der Waals surface area contributed by atoms with E-state index in [0.29, 0.717) is 11.7 Å². The van der Waals surface area contributed by atoms with Crippen LogP contribution < -0.4 is 10.6 Å². The standard InChI is InChI=1S/C17H22N4O/c1-11-5-7-13(8-6-11)15-10-16(21-20-15)17(22)19-14-4-3-9-18-12(14)2/h5-8,10,12,14,18H,3-4,9H2,1-2H3,(H,19,22)(H,20,21). The molecule has 0 saturated carbocycles. The van der Waals surface area contributed by atoms with E-state index in [1.165, 1.54) is 5.56 Å². The average Bonchev–Trinajstić information content (AvgIpc) is 3.00. The van der Waals surface area contributed by atoms with Crippen molar-refractivity contribution in [1.82, 2.24) is 20.8 Å². The molecule has 0 radical (unpaired) electrons. The lowest BCUT2D eigenvalue weighted by atomic mass is 10.00. The van der Waals surface area contributed by atoms with Crippen molar-refractivity contribution in [1.29, 1.82) is 0 Å². The van der Waals surface area contributed by atoms with E-state index in [0.717, 1.165) is 30.6 Å². The largest absolute Gasteiger partial charge is 0.346 e. The number of H-pyrrole nitrogens is 1. The molecule has 5 nitrogen and oxygen atoms in total. The zero-order valence-electron chi connectivity index (χ0n) is 13.0. The number of aryl methyl sites for hydroxylation is 1. The number of amides is 1. The van der Waals surface area contributed by atoms with Gasteiger partial charge in [0, 0.05) is 17.6 Å². The van der Waals surface area contributed by atoms with Gasteiger partial charge in [-0.1, -0.05) is 29.8 Å². The molecule has 5 heteroatoms. The Hall–Kier alpha value is -2.14. The Kier molecular flexibility index (Phi) is 4.24. The van der Waals surface area contributed by atoms with Crippen LogP contribution in [0, 0.1) is 6.92 Å². The van der Waals surface area contributed by atoms with E-state index in [4.69, 9.17) is 0 Å². The summed E-state index contributed by atoms with van der Waals surface area (Å²) in [5.74, 6) is -0.0913. The first-order chi connectivity index (χ1) is 10.6. The van der Waals surface area contributed by atoms with Crippen molar-refractivity contribution in [2.24, 2.45) is 0 Å². The number of hydrogen-bond acceptors (Lipinski definition) is 3. The highest BCUT2D eigenvalue weighted by Gasteiger charge is 2.23. The van der Waals surface area contributed by atoms with Crippen molar-refractivity contribution in [3.8, 4) is 11.3 Å². The van der Waals surface area contributed by atoms with Crippen LogP contribution in [0.2, 0.25) is 0 Å². The molecule has 1 amide bonds. The molecule has 0 aliphatic carbocycles. The average molecular weight is 298 g/mol. The lowest BCUT2D eigenvalue weighted by molar-refractivity contribution is 0.0914. The maximum absolute atomic E-state index is 12.3. The predicted molar refractivity (Wildman–Crippen MR) is 86.7 cm³/mol. The molecule has 1 aliphatic rings. The molecule has 2 aromatic rings. The Morgan fingerprint density at radius 2 is 2.09 bits per heavy atom. The van der Waals surface area contributed by atoms with E-state index in [1.54, 1.807) is 6.07 Å². The maximum Gasteiger partial charge on any atom is 0.269 e. The summed E-state index contributed by atoms with van der Waals surface area (Å²) in [6.45, 7) is 5.18. The summed E-state index contributed by atoms with van der Waals surface area (Å²) in [6, 6.07) is 10.4. The summed E-state index contributed by atoms with van der Waals surface area (Å²) >= 11 is 0. The first kappa shape index (κ1) is 14.8. The Balaban J connectivity index is 1.70. The summed E-state index contributed by atoms with van der Waals surface area (Å²) in [5.41, 5.74) is 3.51. The third-order valence-corrected chi connectivity index (χ3v) is 4.25. The number of aromatic amines is 1. The van der Waals surface area contributed by atoms with E-state index in [9.17, 15) is 4.79 Å². The Labute approximate surface area is 130 Å². The molecule has 2 heterocycles. The molecule has 2 atom stereocenters. The Morgan fingerprint density at radius 3 is 2.82 bits per heavy atom. The van der Waals surface area contributed by atoms with Crippen molar-refractivity contribution >= 4 is 5.91 Å². The number of carbonyl (C=O) groups is 1. The molecule has 0 bridgehead atoms. The van der Waals surface area contributed by atoms with E-state index in [2.05, 4.69) is 27.8 Å². The van der Waals surface area contributed by atoms with Crippen LogP contribution in [0.4, 0.5) is 0 Å². The van der Waals surface area contributed by atoms with Gasteiger partial charge < -0.3 is 10.6 Å².